The van der Waals surface area contributed by atoms with E-state index in [1.807, 2.05) is 0 Å². The predicted octanol–water partition coefficient (Wildman–Crippen LogP) is 2.44. The summed E-state index contributed by atoms with van der Waals surface area (Å²) in [5, 5.41) is 3.75. The van der Waals surface area contributed by atoms with Gasteiger partial charge >= 0.3 is 0 Å². The summed E-state index contributed by atoms with van der Waals surface area (Å²) in [4.78, 5) is 2.39. The number of nitrogens with one attached hydrogen (secondary N) is 1. The summed E-state index contributed by atoms with van der Waals surface area (Å²) in [6.45, 7) is 9.29. The number of piperazine rings is 1. The zero-order chi connectivity index (χ0) is 12.5. The molecule has 1 heterocycles. The molecule has 0 radical (unpaired) electrons. The van der Waals surface area contributed by atoms with E-state index >= 15 is 0 Å². The van der Waals surface area contributed by atoms with Crippen molar-refractivity contribution in [1.29, 1.82) is 0 Å². The monoisotopic (exact) mass is 242 g/mol. The lowest BCUT2D eigenvalue weighted by Crippen LogP contribution is -2.65. The molecule has 0 aromatic rings. The normalized spacial score (nSPS) is 37.1. The van der Waals surface area contributed by atoms with Gasteiger partial charge in [-0.05, 0) is 31.6 Å². The van der Waals surface area contributed by atoms with Gasteiger partial charge in [0.1, 0.15) is 6.67 Å². The highest BCUT2D eigenvalue weighted by Crippen LogP contribution is 2.41. The minimum absolute atomic E-state index is 0.215. The van der Waals surface area contributed by atoms with Gasteiger partial charge in [-0.3, -0.25) is 4.90 Å². The van der Waals surface area contributed by atoms with E-state index in [2.05, 4.69) is 31.0 Å². The lowest BCUT2D eigenvalue weighted by atomic mass is 9.87. The van der Waals surface area contributed by atoms with Crippen LogP contribution in [0.3, 0.4) is 0 Å². The predicted molar refractivity (Wildman–Crippen MR) is 69.9 cm³/mol. The molecule has 1 aliphatic heterocycles. The Morgan fingerprint density at radius 2 is 2.18 bits per heavy atom. The molecular formula is C14H27FN2. The van der Waals surface area contributed by atoms with Gasteiger partial charge in [-0.1, -0.05) is 20.3 Å². The van der Waals surface area contributed by atoms with E-state index in [4.69, 9.17) is 0 Å². The molecule has 3 atom stereocenters. The Labute approximate surface area is 105 Å². The van der Waals surface area contributed by atoms with Crippen molar-refractivity contribution in [3.63, 3.8) is 0 Å². The van der Waals surface area contributed by atoms with Gasteiger partial charge in [0, 0.05) is 31.2 Å². The molecule has 2 nitrogen and oxygen atoms in total. The quantitative estimate of drug-likeness (QED) is 0.796. The summed E-state index contributed by atoms with van der Waals surface area (Å²) in [6, 6.07) is 0.516. The average Bonchev–Trinajstić information content (AvgIpc) is 3.13. The molecule has 1 saturated heterocycles. The molecule has 100 valence electrons. The Kier molecular flexibility index (Phi) is 4.09. The van der Waals surface area contributed by atoms with Crippen LogP contribution in [0.5, 0.6) is 0 Å². The van der Waals surface area contributed by atoms with E-state index in [0.717, 1.165) is 19.0 Å². The molecule has 0 aromatic heterocycles. The minimum atomic E-state index is -0.215. The van der Waals surface area contributed by atoms with Crippen molar-refractivity contribution in [2.45, 2.75) is 51.6 Å². The van der Waals surface area contributed by atoms with E-state index < -0.39 is 0 Å². The van der Waals surface area contributed by atoms with Crippen LogP contribution in [0, 0.1) is 11.8 Å². The molecule has 2 rings (SSSR count). The first-order valence-electron chi connectivity index (χ1n) is 7.15. The van der Waals surface area contributed by atoms with Crippen LogP contribution < -0.4 is 5.32 Å². The molecule has 0 aromatic carbocycles. The highest BCUT2D eigenvalue weighted by molar-refractivity contribution is 5.04. The van der Waals surface area contributed by atoms with Crippen LogP contribution in [0.4, 0.5) is 4.39 Å². The number of alkyl halides is 1. The van der Waals surface area contributed by atoms with Crippen molar-refractivity contribution in [3.8, 4) is 0 Å². The summed E-state index contributed by atoms with van der Waals surface area (Å²) >= 11 is 0. The van der Waals surface area contributed by atoms with Crippen molar-refractivity contribution in [1.82, 2.24) is 10.2 Å². The molecule has 1 saturated carbocycles. The van der Waals surface area contributed by atoms with Gasteiger partial charge in [-0.25, -0.2) is 4.39 Å². The van der Waals surface area contributed by atoms with Gasteiger partial charge in [-0.2, -0.15) is 0 Å². The summed E-state index contributed by atoms with van der Waals surface area (Å²) in [7, 11) is 0. The highest BCUT2D eigenvalue weighted by atomic mass is 19.1. The molecule has 2 aliphatic rings. The molecule has 2 fully saturated rings. The summed E-state index contributed by atoms with van der Waals surface area (Å²) < 4.78 is 12.7. The van der Waals surface area contributed by atoms with Crippen LogP contribution in [-0.4, -0.2) is 42.8 Å². The van der Waals surface area contributed by atoms with Crippen molar-refractivity contribution >= 4 is 0 Å². The summed E-state index contributed by atoms with van der Waals surface area (Å²) in [5.41, 5.74) is 0.235. The fourth-order valence-electron chi connectivity index (χ4n) is 3.24. The van der Waals surface area contributed by atoms with Gasteiger partial charge in [0.2, 0.25) is 0 Å². The van der Waals surface area contributed by atoms with Gasteiger partial charge < -0.3 is 5.32 Å². The maximum absolute atomic E-state index is 12.7. The topological polar surface area (TPSA) is 15.3 Å². The molecular weight excluding hydrogens is 215 g/mol. The number of rotatable bonds is 5. The molecule has 0 amide bonds. The van der Waals surface area contributed by atoms with Crippen LogP contribution in [0.1, 0.15) is 40.0 Å². The SMILES string of the molecule is CCC(C)C1CNC(C)(C2CC2)CN1CCF. The lowest BCUT2D eigenvalue weighted by Gasteiger charge is -2.48. The summed E-state index contributed by atoms with van der Waals surface area (Å²) in [5.74, 6) is 1.47. The smallest absolute Gasteiger partial charge is 0.102 e. The molecule has 0 bridgehead atoms. The van der Waals surface area contributed by atoms with Gasteiger partial charge in [0.15, 0.2) is 0 Å². The molecule has 3 unspecified atom stereocenters. The number of nitrogens with zero attached hydrogens (tertiary/aromatic N) is 1. The third-order valence-corrected chi connectivity index (χ3v) is 4.87. The van der Waals surface area contributed by atoms with Crippen molar-refractivity contribution < 1.29 is 4.39 Å². The van der Waals surface area contributed by atoms with Crippen LogP contribution in [0.25, 0.3) is 0 Å². The maximum atomic E-state index is 12.7. The van der Waals surface area contributed by atoms with Crippen LogP contribution in [0.2, 0.25) is 0 Å². The Morgan fingerprint density at radius 3 is 2.71 bits per heavy atom. The Bertz CT molecular complexity index is 255. The van der Waals surface area contributed by atoms with E-state index in [0.29, 0.717) is 18.5 Å². The fourth-order valence-corrected chi connectivity index (χ4v) is 3.24. The Balaban J connectivity index is 2.01. The van der Waals surface area contributed by atoms with Crippen LogP contribution >= 0.6 is 0 Å². The average molecular weight is 242 g/mol. The van der Waals surface area contributed by atoms with E-state index in [-0.39, 0.29) is 12.2 Å². The van der Waals surface area contributed by atoms with E-state index in [1.165, 1.54) is 19.3 Å². The third kappa shape index (κ3) is 2.82. The second kappa shape index (κ2) is 5.23. The molecule has 3 heteroatoms. The first kappa shape index (κ1) is 13.3. The Hall–Kier alpha value is -0.150. The summed E-state index contributed by atoms with van der Waals surface area (Å²) in [6.07, 6.45) is 3.87. The van der Waals surface area contributed by atoms with Gasteiger partial charge in [-0.15, -0.1) is 0 Å². The zero-order valence-electron chi connectivity index (χ0n) is 11.5. The first-order valence-corrected chi connectivity index (χ1v) is 7.15. The van der Waals surface area contributed by atoms with Gasteiger partial charge in [0.05, 0.1) is 0 Å². The largest absolute Gasteiger partial charge is 0.308 e. The fraction of sp³-hybridized carbons (Fsp3) is 1.00. The number of halogens is 1. The molecule has 1 N–H and O–H groups in total. The molecule has 17 heavy (non-hydrogen) atoms. The van der Waals surface area contributed by atoms with Crippen molar-refractivity contribution in [2.24, 2.45) is 11.8 Å². The van der Waals surface area contributed by atoms with Crippen molar-refractivity contribution in [3.05, 3.63) is 0 Å². The second-order valence-electron chi connectivity index (χ2n) is 6.18. The third-order valence-electron chi connectivity index (χ3n) is 4.87. The van der Waals surface area contributed by atoms with Crippen LogP contribution in [-0.2, 0) is 0 Å². The number of hydrogen-bond acceptors (Lipinski definition) is 2. The Morgan fingerprint density at radius 1 is 1.47 bits per heavy atom. The molecule has 1 aliphatic carbocycles. The first-order chi connectivity index (χ1) is 8.10. The number of hydrogen-bond donors (Lipinski definition) is 1. The second-order valence-corrected chi connectivity index (χ2v) is 6.18. The van der Waals surface area contributed by atoms with E-state index in [9.17, 15) is 4.39 Å². The lowest BCUT2D eigenvalue weighted by molar-refractivity contribution is 0.0432. The van der Waals surface area contributed by atoms with Crippen LogP contribution in [0.15, 0.2) is 0 Å². The highest BCUT2D eigenvalue weighted by Gasteiger charge is 2.46. The van der Waals surface area contributed by atoms with Gasteiger partial charge in [0.25, 0.3) is 0 Å². The molecule has 0 spiro atoms. The maximum Gasteiger partial charge on any atom is 0.102 e. The zero-order valence-corrected chi connectivity index (χ0v) is 11.5. The van der Waals surface area contributed by atoms with Crippen molar-refractivity contribution in [2.75, 3.05) is 26.3 Å². The standard InChI is InChI=1S/C14H27FN2/c1-4-11(2)13-9-16-14(3,12-5-6-12)10-17(13)8-7-15/h11-13,16H,4-10H2,1-3H3. The minimum Gasteiger partial charge on any atom is -0.308 e. The van der Waals surface area contributed by atoms with E-state index in [1.54, 1.807) is 0 Å².